The molecule has 0 aliphatic heterocycles. The van der Waals surface area contributed by atoms with E-state index in [0.29, 0.717) is 18.4 Å². The number of unbranched alkanes of at least 4 members (excludes halogenated alkanes) is 1. The summed E-state index contributed by atoms with van der Waals surface area (Å²) in [4.78, 5) is 25.4. The summed E-state index contributed by atoms with van der Waals surface area (Å²) < 4.78 is 4.53. The third-order valence-corrected chi connectivity index (χ3v) is 2.18. The van der Waals surface area contributed by atoms with E-state index in [0.717, 1.165) is 18.5 Å². The van der Waals surface area contributed by atoms with Crippen LogP contribution < -0.4 is 0 Å². The normalized spacial score (nSPS) is 10.4. The Morgan fingerprint density at radius 1 is 1.41 bits per heavy atom. The van der Waals surface area contributed by atoms with Gasteiger partial charge < -0.3 is 4.74 Å². The molecule has 90 valence electrons. The number of pyridine rings is 1. The fraction of sp³-hybridized carbons (Fsp3) is 0.308. The van der Waals surface area contributed by atoms with E-state index < -0.39 is 0 Å². The number of carbonyl (C=O) groups excluding carboxylic acids is 2. The molecule has 0 saturated heterocycles. The Hall–Kier alpha value is -1.97. The molecule has 0 unspecified atom stereocenters. The summed E-state index contributed by atoms with van der Waals surface area (Å²) in [5.41, 5.74) is 1.16. The van der Waals surface area contributed by atoms with Gasteiger partial charge in [-0.25, -0.2) is 4.98 Å². The summed E-state index contributed by atoms with van der Waals surface area (Å²) in [6, 6.07) is 5.26. The molecule has 0 atom stereocenters. The van der Waals surface area contributed by atoms with Crippen LogP contribution in [0.2, 0.25) is 0 Å². The van der Waals surface area contributed by atoms with Crippen LogP contribution in [-0.2, 0) is 9.53 Å². The molecular formula is C13H15NO3. The third kappa shape index (κ3) is 5.06. The molecule has 4 nitrogen and oxygen atoms in total. The molecule has 1 aromatic heterocycles. The van der Waals surface area contributed by atoms with Gasteiger partial charge in [0, 0.05) is 6.42 Å². The second-order valence-electron chi connectivity index (χ2n) is 3.48. The van der Waals surface area contributed by atoms with Crippen LogP contribution in [0, 0.1) is 0 Å². The summed E-state index contributed by atoms with van der Waals surface area (Å²) >= 11 is 0. The highest BCUT2D eigenvalue weighted by Crippen LogP contribution is 2.03. The average molecular weight is 233 g/mol. The van der Waals surface area contributed by atoms with Gasteiger partial charge in [0.25, 0.3) is 0 Å². The van der Waals surface area contributed by atoms with Crippen molar-refractivity contribution in [2.75, 3.05) is 7.11 Å². The van der Waals surface area contributed by atoms with Crippen LogP contribution in [0.1, 0.15) is 35.4 Å². The second-order valence-corrected chi connectivity index (χ2v) is 3.48. The number of rotatable bonds is 6. The van der Waals surface area contributed by atoms with Crippen molar-refractivity contribution in [3.05, 3.63) is 35.7 Å². The first-order valence-corrected chi connectivity index (χ1v) is 5.42. The van der Waals surface area contributed by atoms with Crippen LogP contribution in [0.5, 0.6) is 0 Å². The van der Waals surface area contributed by atoms with Crippen molar-refractivity contribution < 1.29 is 14.3 Å². The van der Waals surface area contributed by atoms with Gasteiger partial charge in [-0.1, -0.05) is 12.1 Å². The van der Waals surface area contributed by atoms with Crippen molar-refractivity contribution >= 4 is 18.3 Å². The van der Waals surface area contributed by atoms with E-state index >= 15 is 0 Å². The monoisotopic (exact) mass is 233 g/mol. The predicted molar refractivity (Wildman–Crippen MR) is 64.5 cm³/mol. The molecule has 0 aliphatic rings. The Balaban J connectivity index is 2.37. The highest BCUT2D eigenvalue weighted by atomic mass is 16.5. The first kappa shape index (κ1) is 13.1. The number of aromatic nitrogens is 1. The molecule has 4 heteroatoms. The van der Waals surface area contributed by atoms with Crippen molar-refractivity contribution in [3.8, 4) is 0 Å². The van der Waals surface area contributed by atoms with Crippen molar-refractivity contribution in [2.45, 2.75) is 19.3 Å². The van der Waals surface area contributed by atoms with Crippen LogP contribution >= 0.6 is 0 Å². The number of hydrogen-bond donors (Lipinski definition) is 0. The smallest absolute Gasteiger partial charge is 0.305 e. The van der Waals surface area contributed by atoms with E-state index in [1.165, 1.54) is 7.11 Å². The number of allylic oxidation sites excluding steroid dienone is 1. The third-order valence-electron chi connectivity index (χ3n) is 2.18. The Morgan fingerprint density at radius 2 is 2.18 bits per heavy atom. The lowest BCUT2D eigenvalue weighted by atomic mass is 10.2. The van der Waals surface area contributed by atoms with Gasteiger partial charge in [-0.05, 0) is 31.1 Å². The van der Waals surface area contributed by atoms with Crippen molar-refractivity contribution in [2.24, 2.45) is 0 Å². The molecule has 0 aliphatic carbocycles. The Bertz CT molecular complexity index is 413. The lowest BCUT2D eigenvalue weighted by Gasteiger charge is -1.96. The summed E-state index contributed by atoms with van der Waals surface area (Å²) in [7, 11) is 1.38. The molecule has 0 N–H and O–H groups in total. The average Bonchev–Trinajstić information content (AvgIpc) is 2.38. The quantitative estimate of drug-likeness (QED) is 0.429. The van der Waals surface area contributed by atoms with Crippen LogP contribution in [-0.4, -0.2) is 24.3 Å². The van der Waals surface area contributed by atoms with Crippen molar-refractivity contribution in [1.82, 2.24) is 4.98 Å². The summed E-state index contributed by atoms with van der Waals surface area (Å²) in [5.74, 6) is -0.195. The predicted octanol–water partition coefficient (Wildman–Crippen LogP) is 2.25. The zero-order valence-corrected chi connectivity index (χ0v) is 9.76. The van der Waals surface area contributed by atoms with Crippen LogP contribution in [0.15, 0.2) is 24.3 Å². The lowest BCUT2D eigenvalue weighted by Crippen LogP contribution is -1.98. The molecule has 0 spiro atoms. The number of methoxy groups -OCH3 is 1. The minimum absolute atomic E-state index is 0.195. The van der Waals surface area contributed by atoms with E-state index in [2.05, 4.69) is 9.72 Å². The summed E-state index contributed by atoms with van der Waals surface area (Å²) in [6.45, 7) is 0. The zero-order chi connectivity index (χ0) is 12.5. The van der Waals surface area contributed by atoms with Gasteiger partial charge in [0.15, 0.2) is 6.29 Å². The molecule has 0 saturated carbocycles. The maximum Gasteiger partial charge on any atom is 0.305 e. The zero-order valence-electron chi connectivity index (χ0n) is 9.76. The Morgan fingerprint density at radius 3 is 2.88 bits per heavy atom. The fourth-order valence-electron chi connectivity index (χ4n) is 1.30. The van der Waals surface area contributed by atoms with E-state index in [1.54, 1.807) is 12.1 Å². The van der Waals surface area contributed by atoms with Crippen LogP contribution in [0.3, 0.4) is 0 Å². The Kier molecular flexibility index (Phi) is 5.64. The molecule has 1 heterocycles. The van der Waals surface area contributed by atoms with Gasteiger partial charge in [0.05, 0.1) is 12.8 Å². The number of esters is 1. The van der Waals surface area contributed by atoms with Crippen LogP contribution in [0.25, 0.3) is 6.08 Å². The number of nitrogens with zero attached hydrogens (tertiary/aromatic N) is 1. The van der Waals surface area contributed by atoms with Gasteiger partial charge in [-0.15, -0.1) is 0 Å². The molecule has 0 fully saturated rings. The van der Waals surface area contributed by atoms with Crippen molar-refractivity contribution in [1.29, 1.82) is 0 Å². The molecule has 17 heavy (non-hydrogen) atoms. The number of hydrogen-bond acceptors (Lipinski definition) is 4. The topological polar surface area (TPSA) is 56.3 Å². The number of ether oxygens (including phenoxy) is 1. The molecule has 0 aromatic carbocycles. The molecule has 0 amide bonds. The molecule has 1 rings (SSSR count). The van der Waals surface area contributed by atoms with Gasteiger partial charge in [0.2, 0.25) is 0 Å². The van der Waals surface area contributed by atoms with E-state index in [4.69, 9.17) is 0 Å². The molecule has 0 radical (unpaired) electrons. The molecule has 0 bridgehead atoms. The number of aldehydes is 1. The lowest BCUT2D eigenvalue weighted by molar-refractivity contribution is -0.140. The minimum atomic E-state index is -0.195. The van der Waals surface area contributed by atoms with Gasteiger partial charge >= 0.3 is 5.97 Å². The maximum atomic E-state index is 10.8. The Labute approximate surface area is 100 Å². The van der Waals surface area contributed by atoms with Gasteiger partial charge in [-0.3, -0.25) is 9.59 Å². The first-order valence-electron chi connectivity index (χ1n) is 5.42. The minimum Gasteiger partial charge on any atom is -0.469 e. The summed E-state index contributed by atoms with van der Waals surface area (Å²) in [5, 5.41) is 0. The standard InChI is InChI=1S/C13H15NO3/c1-17-13(16)9-4-2-3-6-11-7-5-8-12(10-15)14-11/h3,5-8,10H,2,4,9H2,1H3. The van der Waals surface area contributed by atoms with E-state index in [1.807, 2.05) is 18.2 Å². The number of carbonyl (C=O) groups is 2. The maximum absolute atomic E-state index is 10.8. The molecular weight excluding hydrogens is 218 g/mol. The highest BCUT2D eigenvalue weighted by Gasteiger charge is 1.97. The fourth-order valence-corrected chi connectivity index (χ4v) is 1.30. The highest BCUT2D eigenvalue weighted by molar-refractivity contribution is 5.72. The second kappa shape index (κ2) is 7.33. The van der Waals surface area contributed by atoms with E-state index in [-0.39, 0.29) is 5.97 Å². The molecule has 1 aromatic rings. The largest absolute Gasteiger partial charge is 0.469 e. The van der Waals surface area contributed by atoms with E-state index in [9.17, 15) is 9.59 Å². The first-order chi connectivity index (χ1) is 8.26. The van der Waals surface area contributed by atoms with Crippen molar-refractivity contribution in [3.63, 3.8) is 0 Å². The SMILES string of the molecule is COC(=O)CCCC=Cc1cccc(C=O)n1. The van der Waals surface area contributed by atoms with Gasteiger partial charge in [0.1, 0.15) is 5.69 Å². The van der Waals surface area contributed by atoms with Crippen LogP contribution in [0.4, 0.5) is 0 Å². The summed E-state index contributed by atoms with van der Waals surface area (Å²) in [6.07, 6.45) is 6.43. The van der Waals surface area contributed by atoms with Gasteiger partial charge in [-0.2, -0.15) is 0 Å².